The van der Waals surface area contributed by atoms with Gasteiger partial charge in [0.25, 0.3) is 0 Å². The Bertz CT molecular complexity index is 3160. The Labute approximate surface area is 287 Å². The normalized spacial score (nSPS) is 12.1. The highest BCUT2D eigenvalue weighted by Gasteiger charge is 2.17. The molecule has 1 aromatic heterocycles. The van der Waals surface area contributed by atoms with Crippen molar-refractivity contribution in [2.24, 2.45) is 0 Å². The highest BCUT2D eigenvalue weighted by Crippen LogP contribution is 2.45. The minimum absolute atomic E-state index is 1.24. The van der Waals surface area contributed by atoms with Gasteiger partial charge in [0.15, 0.2) is 0 Å². The first-order valence-electron chi connectivity index (χ1n) is 16.9. The van der Waals surface area contributed by atoms with Crippen molar-refractivity contribution in [2.45, 2.75) is 0 Å². The molecule has 11 aromatic rings. The van der Waals surface area contributed by atoms with Gasteiger partial charge in [-0.05, 0) is 111 Å². The Balaban J connectivity index is 1.18. The summed E-state index contributed by atoms with van der Waals surface area (Å²) < 4.78 is 2.68. The Morgan fingerprint density at radius 1 is 0.245 bits per heavy atom. The summed E-state index contributed by atoms with van der Waals surface area (Å²) >= 11 is 1.87. The van der Waals surface area contributed by atoms with Crippen LogP contribution in [0.1, 0.15) is 0 Å². The predicted octanol–water partition coefficient (Wildman–Crippen LogP) is 14.3. The number of rotatable bonds is 2. The van der Waals surface area contributed by atoms with Crippen LogP contribution in [0.3, 0.4) is 0 Å². The Kier molecular flexibility index (Phi) is 5.64. The molecule has 0 N–H and O–H groups in total. The molecular weight excluding hydrogens is 609 g/mol. The first-order chi connectivity index (χ1) is 24.3. The van der Waals surface area contributed by atoms with E-state index in [1.165, 1.54) is 107 Å². The van der Waals surface area contributed by atoms with Crippen LogP contribution >= 0.6 is 11.3 Å². The second kappa shape index (κ2) is 10.2. The number of hydrogen-bond acceptors (Lipinski definition) is 1. The lowest BCUT2D eigenvalue weighted by molar-refractivity contribution is 1.67. The van der Waals surface area contributed by atoms with E-state index in [-0.39, 0.29) is 0 Å². The number of fused-ring (bicyclic) bond motifs is 15. The Morgan fingerprint density at radius 2 is 0.653 bits per heavy atom. The molecule has 1 heteroatoms. The van der Waals surface area contributed by atoms with Crippen molar-refractivity contribution >= 4 is 96.1 Å². The van der Waals surface area contributed by atoms with Gasteiger partial charge in [-0.25, -0.2) is 0 Å². The molecule has 226 valence electrons. The van der Waals surface area contributed by atoms with E-state index in [0.717, 1.165) is 0 Å². The third-order valence-electron chi connectivity index (χ3n) is 10.6. The largest absolute Gasteiger partial charge is 0.135 e. The second-order valence-corrected chi connectivity index (χ2v) is 14.2. The summed E-state index contributed by atoms with van der Waals surface area (Å²) in [7, 11) is 0. The fraction of sp³-hybridized carbons (Fsp3) is 0. The van der Waals surface area contributed by atoms with Crippen LogP contribution in [0.25, 0.3) is 107 Å². The third kappa shape index (κ3) is 3.85. The standard InChI is InChI=1S/C48H28S/c1-4-15-39-35(11-1)36-12-2-5-16-40(36)48-42-25-23-29(27-43(42)37-13-3-6-17-41(37)47(39)48)31-18-9-21-34-32(19-10-20-33(31)34)30-24-26-46-44(28-30)38-14-7-8-22-45(38)49-46/h1-28H. The van der Waals surface area contributed by atoms with Gasteiger partial charge in [0.1, 0.15) is 0 Å². The molecule has 0 spiro atoms. The van der Waals surface area contributed by atoms with Crippen molar-refractivity contribution in [1.82, 2.24) is 0 Å². The maximum Gasteiger partial charge on any atom is 0.0355 e. The number of hydrogen-bond donors (Lipinski definition) is 0. The molecule has 0 unspecified atom stereocenters. The lowest BCUT2D eigenvalue weighted by Gasteiger charge is -2.17. The molecule has 0 aliphatic heterocycles. The van der Waals surface area contributed by atoms with Crippen LogP contribution in [-0.2, 0) is 0 Å². The van der Waals surface area contributed by atoms with Gasteiger partial charge in [-0.3, -0.25) is 0 Å². The van der Waals surface area contributed by atoms with E-state index in [4.69, 9.17) is 0 Å². The molecule has 10 aromatic carbocycles. The molecule has 0 fully saturated rings. The van der Waals surface area contributed by atoms with E-state index in [9.17, 15) is 0 Å². The zero-order valence-corrected chi connectivity index (χ0v) is 27.4. The molecule has 11 rings (SSSR count). The first-order valence-corrected chi connectivity index (χ1v) is 17.7. The average Bonchev–Trinajstić information content (AvgIpc) is 3.55. The highest BCUT2D eigenvalue weighted by atomic mass is 32.1. The van der Waals surface area contributed by atoms with Crippen LogP contribution in [0.15, 0.2) is 170 Å². The van der Waals surface area contributed by atoms with Gasteiger partial charge in [-0.1, -0.05) is 146 Å². The van der Waals surface area contributed by atoms with Gasteiger partial charge >= 0.3 is 0 Å². The summed E-state index contributed by atoms with van der Waals surface area (Å²) in [5.74, 6) is 0. The fourth-order valence-corrected chi connectivity index (χ4v) is 9.58. The van der Waals surface area contributed by atoms with Crippen molar-refractivity contribution in [1.29, 1.82) is 0 Å². The summed E-state index contributed by atoms with van der Waals surface area (Å²) in [6.07, 6.45) is 0. The number of benzene rings is 10. The molecule has 0 saturated heterocycles. The minimum atomic E-state index is 1.24. The van der Waals surface area contributed by atoms with Crippen LogP contribution < -0.4 is 0 Å². The quantitative estimate of drug-likeness (QED) is 0.166. The molecule has 0 aliphatic rings. The highest BCUT2D eigenvalue weighted by molar-refractivity contribution is 7.25. The smallest absolute Gasteiger partial charge is 0.0355 e. The minimum Gasteiger partial charge on any atom is -0.135 e. The zero-order chi connectivity index (χ0) is 32.1. The molecule has 49 heavy (non-hydrogen) atoms. The molecular formula is C48H28S. The van der Waals surface area contributed by atoms with Crippen LogP contribution in [0.4, 0.5) is 0 Å². The van der Waals surface area contributed by atoms with Crippen molar-refractivity contribution in [3.8, 4) is 22.3 Å². The summed E-state index contributed by atoms with van der Waals surface area (Å²) in [5, 5.41) is 18.3. The zero-order valence-electron chi connectivity index (χ0n) is 26.6. The monoisotopic (exact) mass is 636 g/mol. The van der Waals surface area contributed by atoms with Crippen LogP contribution in [0.2, 0.25) is 0 Å². The van der Waals surface area contributed by atoms with E-state index >= 15 is 0 Å². The summed E-state index contributed by atoms with van der Waals surface area (Å²) in [6, 6.07) is 63.2. The number of thiophene rings is 1. The summed E-state index contributed by atoms with van der Waals surface area (Å²) in [6.45, 7) is 0. The van der Waals surface area contributed by atoms with E-state index < -0.39 is 0 Å². The molecule has 1 heterocycles. The maximum atomic E-state index is 2.44. The molecule has 0 nitrogen and oxygen atoms in total. The van der Waals surface area contributed by atoms with Crippen LogP contribution in [0, 0.1) is 0 Å². The van der Waals surface area contributed by atoms with Gasteiger partial charge in [-0.15, -0.1) is 11.3 Å². The molecule has 0 saturated carbocycles. The molecule has 0 atom stereocenters. The lowest BCUT2D eigenvalue weighted by Crippen LogP contribution is -1.89. The summed E-state index contributed by atoms with van der Waals surface area (Å²) in [4.78, 5) is 0. The van der Waals surface area contributed by atoms with Crippen LogP contribution in [0.5, 0.6) is 0 Å². The van der Waals surface area contributed by atoms with Gasteiger partial charge in [0.05, 0.1) is 0 Å². The van der Waals surface area contributed by atoms with Crippen molar-refractivity contribution in [3.05, 3.63) is 170 Å². The molecule has 0 amide bonds. The predicted molar refractivity (Wildman–Crippen MR) is 215 cm³/mol. The van der Waals surface area contributed by atoms with Gasteiger partial charge in [0.2, 0.25) is 0 Å². The Morgan fingerprint density at radius 3 is 1.24 bits per heavy atom. The van der Waals surface area contributed by atoms with E-state index in [0.29, 0.717) is 0 Å². The van der Waals surface area contributed by atoms with Gasteiger partial charge in [0, 0.05) is 20.2 Å². The molecule has 0 radical (unpaired) electrons. The summed E-state index contributed by atoms with van der Waals surface area (Å²) in [5.41, 5.74) is 5.03. The van der Waals surface area contributed by atoms with Crippen LogP contribution in [-0.4, -0.2) is 0 Å². The third-order valence-corrected chi connectivity index (χ3v) is 11.8. The van der Waals surface area contributed by atoms with E-state index in [1.807, 2.05) is 11.3 Å². The first kappa shape index (κ1) is 27.0. The fourth-order valence-electron chi connectivity index (χ4n) is 8.50. The van der Waals surface area contributed by atoms with Crippen molar-refractivity contribution < 1.29 is 0 Å². The topological polar surface area (TPSA) is 0 Å². The maximum absolute atomic E-state index is 2.44. The van der Waals surface area contributed by atoms with Crippen molar-refractivity contribution in [3.63, 3.8) is 0 Å². The Hall–Kier alpha value is -6.02. The lowest BCUT2D eigenvalue weighted by atomic mass is 9.86. The van der Waals surface area contributed by atoms with Crippen molar-refractivity contribution in [2.75, 3.05) is 0 Å². The SMILES string of the molecule is c1ccc2c(c1)sc1ccc(-c3cccc4c(-c5ccc6c(c5)c5ccccc5c5c7ccccc7c7ccccc7c65)cccc34)cc12. The van der Waals surface area contributed by atoms with Gasteiger partial charge < -0.3 is 0 Å². The molecule has 0 aliphatic carbocycles. The molecule has 0 bridgehead atoms. The van der Waals surface area contributed by atoms with E-state index in [2.05, 4.69) is 170 Å². The second-order valence-electron chi connectivity index (χ2n) is 13.2. The average molecular weight is 637 g/mol. The van der Waals surface area contributed by atoms with E-state index in [1.54, 1.807) is 0 Å². The van der Waals surface area contributed by atoms with Gasteiger partial charge in [-0.2, -0.15) is 0 Å².